The van der Waals surface area contributed by atoms with Gasteiger partial charge in [-0.3, -0.25) is 4.79 Å². The average molecular weight is 369 g/mol. The number of aromatic nitrogens is 2. The van der Waals surface area contributed by atoms with Gasteiger partial charge in [-0.05, 0) is 43.5 Å². The van der Waals surface area contributed by atoms with Gasteiger partial charge >= 0.3 is 0 Å². The lowest BCUT2D eigenvalue weighted by Gasteiger charge is -2.24. The fourth-order valence-electron chi connectivity index (χ4n) is 3.04. The van der Waals surface area contributed by atoms with E-state index in [1.165, 1.54) is 23.0 Å². The number of nitrogens with zero attached hydrogens (tertiary/aromatic N) is 2. The number of sulfone groups is 1. The molecule has 2 heterocycles. The number of aromatic hydroxyl groups is 1. The highest BCUT2D eigenvalue weighted by atomic mass is 35.5. The Morgan fingerprint density at radius 3 is 2.75 bits per heavy atom. The lowest BCUT2D eigenvalue weighted by Crippen LogP contribution is -2.20. The number of carbonyl (C=O) groups excluding carboxylic acids is 1. The number of rotatable bonds is 3. The summed E-state index contributed by atoms with van der Waals surface area (Å²) in [6.07, 6.45) is 1.63. The summed E-state index contributed by atoms with van der Waals surface area (Å²) in [5.74, 6) is -0.598. The molecule has 3 rings (SSSR count). The predicted octanol–water partition coefficient (Wildman–Crippen LogP) is 2.61. The first-order valence-corrected chi connectivity index (χ1v) is 9.66. The van der Waals surface area contributed by atoms with Crippen LogP contribution in [0, 0.1) is 6.92 Å². The van der Waals surface area contributed by atoms with E-state index in [2.05, 4.69) is 5.10 Å². The van der Waals surface area contributed by atoms with E-state index in [1.807, 2.05) is 0 Å². The van der Waals surface area contributed by atoms with Crippen molar-refractivity contribution >= 4 is 27.2 Å². The molecule has 2 aromatic rings. The summed E-state index contributed by atoms with van der Waals surface area (Å²) in [5.41, 5.74) is 1.42. The van der Waals surface area contributed by atoms with Crippen LogP contribution in [-0.2, 0) is 16.4 Å². The van der Waals surface area contributed by atoms with Crippen molar-refractivity contribution in [1.29, 1.82) is 0 Å². The van der Waals surface area contributed by atoms with Gasteiger partial charge in [0.25, 0.3) is 0 Å². The fraction of sp³-hybridized carbons (Fsp3) is 0.375. The Hall–Kier alpha value is -1.86. The van der Waals surface area contributed by atoms with Gasteiger partial charge in [-0.1, -0.05) is 0 Å². The maximum Gasteiger partial charge on any atom is 0.220 e. The van der Waals surface area contributed by atoms with Crippen molar-refractivity contribution in [2.75, 3.05) is 5.75 Å². The molecule has 1 atom stereocenters. The van der Waals surface area contributed by atoms with Gasteiger partial charge in [0, 0.05) is 12.1 Å². The molecule has 0 amide bonds. The smallest absolute Gasteiger partial charge is 0.220 e. The minimum absolute atomic E-state index is 0.00492. The van der Waals surface area contributed by atoms with Crippen LogP contribution in [0.4, 0.5) is 0 Å². The highest BCUT2D eigenvalue weighted by molar-refractivity contribution is 7.91. The second-order valence-corrected chi connectivity index (χ2v) is 8.36. The zero-order valence-corrected chi connectivity index (χ0v) is 14.9. The highest BCUT2D eigenvalue weighted by Crippen LogP contribution is 2.40. The summed E-state index contributed by atoms with van der Waals surface area (Å²) < 4.78 is 25.8. The molecule has 1 aromatic carbocycles. The van der Waals surface area contributed by atoms with Gasteiger partial charge in [0.2, 0.25) is 5.88 Å². The number of hydrogen-bond donors (Lipinski definition) is 1. The van der Waals surface area contributed by atoms with Crippen LogP contribution in [0.2, 0.25) is 0 Å². The van der Waals surface area contributed by atoms with E-state index in [0.29, 0.717) is 29.7 Å². The number of halogens is 1. The Morgan fingerprint density at radius 2 is 2.12 bits per heavy atom. The predicted molar refractivity (Wildman–Crippen MR) is 89.4 cm³/mol. The van der Waals surface area contributed by atoms with E-state index >= 15 is 0 Å². The summed E-state index contributed by atoms with van der Waals surface area (Å²) in [5, 5.41) is 13.6. The van der Waals surface area contributed by atoms with Crippen LogP contribution in [0.5, 0.6) is 5.88 Å². The normalized spacial score (nSPS) is 19.0. The third-order valence-electron chi connectivity index (χ3n) is 4.36. The molecule has 6 nitrogen and oxygen atoms in total. The van der Waals surface area contributed by atoms with Crippen LogP contribution in [0.3, 0.4) is 0 Å². The molecule has 0 bridgehead atoms. The molecule has 0 saturated carbocycles. The number of hydrogen-bond acceptors (Lipinski definition) is 5. The van der Waals surface area contributed by atoms with Crippen molar-refractivity contribution in [3.8, 4) is 5.88 Å². The van der Waals surface area contributed by atoms with Crippen LogP contribution in [0.1, 0.15) is 45.8 Å². The van der Waals surface area contributed by atoms with Gasteiger partial charge in [-0.15, -0.1) is 11.6 Å². The van der Waals surface area contributed by atoms with E-state index in [4.69, 9.17) is 11.6 Å². The van der Waals surface area contributed by atoms with Gasteiger partial charge in [-0.2, -0.15) is 5.10 Å². The minimum Gasteiger partial charge on any atom is -0.493 e. The molecule has 8 heteroatoms. The van der Waals surface area contributed by atoms with Crippen LogP contribution in [0.15, 0.2) is 23.2 Å². The Bertz CT molecular complexity index is 934. The van der Waals surface area contributed by atoms with Gasteiger partial charge in [0.05, 0.1) is 22.2 Å². The lowest BCUT2D eigenvalue weighted by atomic mass is 9.94. The van der Waals surface area contributed by atoms with Crippen molar-refractivity contribution in [3.05, 3.63) is 40.6 Å². The highest BCUT2D eigenvalue weighted by Gasteiger charge is 2.32. The second kappa shape index (κ2) is 5.89. The molecular weight excluding hydrogens is 352 g/mol. The largest absolute Gasteiger partial charge is 0.493 e. The van der Waals surface area contributed by atoms with E-state index in [-0.39, 0.29) is 22.1 Å². The summed E-state index contributed by atoms with van der Waals surface area (Å²) in [6.45, 7) is 3.92. The number of ketones is 1. The van der Waals surface area contributed by atoms with E-state index in [9.17, 15) is 18.3 Å². The molecule has 0 saturated heterocycles. The SMILES string of the molecule is CCn1ncc(C(=O)c2ccc3c(c2C)C(Cl)CCS3(=O)=O)c1O. The first-order valence-electron chi connectivity index (χ1n) is 7.57. The molecule has 0 radical (unpaired) electrons. The number of fused-ring (bicyclic) bond motifs is 1. The van der Waals surface area contributed by atoms with Gasteiger partial charge in [0.15, 0.2) is 15.6 Å². The molecule has 1 aliphatic heterocycles. The Morgan fingerprint density at radius 1 is 1.42 bits per heavy atom. The standard InChI is InChI=1S/C16H17ClN2O4S/c1-3-19-16(21)11(8-18-19)15(20)10-4-5-13-14(9(10)2)12(17)6-7-24(13,22)23/h4-5,8,12,21H,3,6-7H2,1-2H3. The molecule has 0 aliphatic carbocycles. The van der Waals surface area contributed by atoms with Crippen LogP contribution >= 0.6 is 11.6 Å². The summed E-state index contributed by atoms with van der Waals surface area (Å²) >= 11 is 6.32. The topological polar surface area (TPSA) is 89.3 Å². The van der Waals surface area contributed by atoms with Crippen molar-refractivity contribution in [2.45, 2.75) is 37.1 Å². The van der Waals surface area contributed by atoms with E-state index in [1.54, 1.807) is 13.8 Å². The first-order chi connectivity index (χ1) is 11.3. The number of carbonyl (C=O) groups is 1. The maximum atomic E-state index is 12.8. The maximum absolute atomic E-state index is 12.8. The molecule has 1 aliphatic rings. The molecule has 1 N–H and O–H groups in total. The first kappa shape index (κ1) is 17.0. The van der Waals surface area contributed by atoms with Crippen LogP contribution in [0.25, 0.3) is 0 Å². The van der Waals surface area contributed by atoms with Crippen molar-refractivity contribution in [3.63, 3.8) is 0 Å². The monoisotopic (exact) mass is 368 g/mol. The Kier molecular flexibility index (Phi) is 4.17. The third kappa shape index (κ3) is 2.52. The Labute approximate surface area is 145 Å². The number of aryl methyl sites for hydroxylation is 1. The quantitative estimate of drug-likeness (QED) is 0.664. The average Bonchev–Trinajstić information content (AvgIpc) is 2.91. The van der Waals surface area contributed by atoms with Gasteiger partial charge in [-0.25, -0.2) is 13.1 Å². The second-order valence-electron chi connectivity index (χ2n) is 5.75. The molecule has 1 unspecified atom stereocenters. The van der Waals surface area contributed by atoms with E-state index in [0.717, 1.165) is 0 Å². The van der Waals surface area contributed by atoms with Crippen molar-refractivity contribution in [2.24, 2.45) is 0 Å². The molecular formula is C16H17ClN2O4S. The summed E-state index contributed by atoms with van der Waals surface area (Å²) in [4.78, 5) is 13.0. The Balaban J connectivity index is 2.15. The van der Waals surface area contributed by atoms with Crippen LogP contribution < -0.4 is 0 Å². The number of alkyl halides is 1. The van der Waals surface area contributed by atoms with Crippen molar-refractivity contribution < 1.29 is 18.3 Å². The molecule has 24 heavy (non-hydrogen) atoms. The van der Waals surface area contributed by atoms with Crippen LogP contribution in [-0.4, -0.2) is 34.8 Å². The fourth-order valence-corrected chi connectivity index (χ4v) is 5.29. The van der Waals surface area contributed by atoms with Gasteiger partial charge in [0.1, 0.15) is 5.56 Å². The van der Waals surface area contributed by atoms with E-state index < -0.39 is 21.0 Å². The zero-order valence-electron chi connectivity index (χ0n) is 13.3. The zero-order chi connectivity index (χ0) is 17.6. The lowest BCUT2D eigenvalue weighted by molar-refractivity contribution is 0.103. The summed E-state index contributed by atoms with van der Waals surface area (Å²) in [7, 11) is -3.37. The van der Waals surface area contributed by atoms with Gasteiger partial charge < -0.3 is 5.11 Å². The molecule has 1 aromatic heterocycles. The van der Waals surface area contributed by atoms with Crippen molar-refractivity contribution in [1.82, 2.24) is 9.78 Å². The molecule has 0 spiro atoms. The molecule has 0 fully saturated rings. The minimum atomic E-state index is -3.37. The molecule has 128 valence electrons. The summed E-state index contributed by atoms with van der Waals surface area (Å²) in [6, 6.07) is 2.91. The third-order valence-corrected chi connectivity index (χ3v) is 6.60. The number of benzene rings is 1.